The average molecular weight is 243 g/mol. The molecule has 1 aromatic rings. The zero-order valence-corrected chi connectivity index (χ0v) is 10.7. The van der Waals surface area contributed by atoms with Crippen LogP contribution < -0.4 is 5.32 Å². The summed E-state index contributed by atoms with van der Waals surface area (Å²) in [6.07, 6.45) is 6.37. The van der Waals surface area contributed by atoms with Gasteiger partial charge in [-0.05, 0) is 33.1 Å². The highest BCUT2D eigenvalue weighted by molar-refractivity contribution is 5.14. The molecular formula is C13H17N5. The molecule has 1 heterocycles. The summed E-state index contributed by atoms with van der Waals surface area (Å²) in [5, 5.41) is 21.7. The molecule has 0 aromatic carbocycles. The molecule has 5 nitrogen and oxygen atoms in total. The van der Waals surface area contributed by atoms with Crippen LogP contribution in [-0.4, -0.2) is 21.1 Å². The molecule has 1 aliphatic carbocycles. The zero-order chi connectivity index (χ0) is 13.2. The summed E-state index contributed by atoms with van der Waals surface area (Å²) in [4.78, 5) is 3.98. The first-order valence-electron chi connectivity index (χ1n) is 6.20. The third-order valence-electron chi connectivity index (χ3n) is 3.29. The summed E-state index contributed by atoms with van der Waals surface area (Å²) >= 11 is 0. The summed E-state index contributed by atoms with van der Waals surface area (Å²) in [7, 11) is 0. The lowest BCUT2D eigenvalue weighted by Crippen LogP contribution is -2.43. The minimum atomic E-state index is -0.544. The maximum absolute atomic E-state index is 9.33. The molecule has 0 saturated heterocycles. The van der Waals surface area contributed by atoms with Crippen molar-refractivity contribution in [2.75, 3.05) is 0 Å². The van der Waals surface area contributed by atoms with Crippen LogP contribution in [0.1, 0.15) is 45.0 Å². The Morgan fingerprint density at radius 2 is 2.33 bits per heavy atom. The van der Waals surface area contributed by atoms with Crippen LogP contribution in [-0.2, 0) is 0 Å². The van der Waals surface area contributed by atoms with Gasteiger partial charge >= 0.3 is 0 Å². The Morgan fingerprint density at radius 3 is 2.89 bits per heavy atom. The normalized spacial score (nSPS) is 19.6. The number of hydrogen-bond acceptors (Lipinski definition) is 4. The number of nitrogens with one attached hydrogen (secondary N) is 1. The van der Waals surface area contributed by atoms with Crippen LogP contribution in [0.25, 0.3) is 0 Å². The minimum absolute atomic E-state index is 0.0676. The molecule has 2 atom stereocenters. The van der Waals surface area contributed by atoms with Crippen molar-refractivity contribution < 1.29 is 0 Å². The Labute approximate surface area is 107 Å². The standard InChI is InChI=1S/C13H17N5/c1-10(18-6-5-16-12(18)8-14)7-13(2,9-15)17-11-3-4-11/h5-6,10-11,17H,3-4,7H2,1-2H3. The van der Waals surface area contributed by atoms with Crippen molar-refractivity contribution in [2.24, 2.45) is 0 Å². The lowest BCUT2D eigenvalue weighted by Gasteiger charge is -2.27. The second-order valence-corrected chi connectivity index (χ2v) is 5.19. The highest BCUT2D eigenvalue weighted by Gasteiger charge is 2.34. The van der Waals surface area contributed by atoms with Crippen LogP contribution >= 0.6 is 0 Å². The first-order chi connectivity index (χ1) is 8.58. The lowest BCUT2D eigenvalue weighted by atomic mass is 9.95. The largest absolute Gasteiger partial charge is 0.320 e. The van der Waals surface area contributed by atoms with Crippen LogP contribution in [0.2, 0.25) is 0 Å². The molecule has 1 saturated carbocycles. The highest BCUT2D eigenvalue weighted by atomic mass is 15.1. The predicted octanol–water partition coefficient (Wildman–Crippen LogP) is 1.74. The second kappa shape index (κ2) is 4.80. The number of hydrogen-bond donors (Lipinski definition) is 1. The maximum atomic E-state index is 9.33. The summed E-state index contributed by atoms with van der Waals surface area (Å²) < 4.78 is 1.82. The molecular weight excluding hydrogens is 226 g/mol. The smallest absolute Gasteiger partial charge is 0.212 e. The number of nitrogens with zero attached hydrogens (tertiary/aromatic N) is 4. The van der Waals surface area contributed by atoms with E-state index in [1.165, 1.54) is 0 Å². The molecule has 1 fully saturated rings. The van der Waals surface area contributed by atoms with E-state index in [0.717, 1.165) is 12.8 Å². The van der Waals surface area contributed by atoms with Crippen molar-refractivity contribution in [1.29, 1.82) is 10.5 Å². The average Bonchev–Trinajstić information content (AvgIpc) is 3.01. The molecule has 5 heteroatoms. The van der Waals surface area contributed by atoms with Gasteiger partial charge in [0.2, 0.25) is 5.82 Å². The third-order valence-corrected chi connectivity index (χ3v) is 3.29. The topological polar surface area (TPSA) is 77.4 Å². The van der Waals surface area contributed by atoms with E-state index in [2.05, 4.69) is 22.4 Å². The Bertz CT molecular complexity index is 502. The van der Waals surface area contributed by atoms with E-state index in [1.807, 2.05) is 18.4 Å². The fourth-order valence-electron chi connectivity index (χ4n) is 2.26. The summed E-state index contributed by atoms with van der Waals surface area (Å²) in [6.45, 7) is 3.93. The van der Waals surface area contributed by atoms with E-state index < -0.39 is 5.54 Å². The number of aromatic nitrogens is 2. The van der Waals surface area contributed by atoms with Gasteiger partial charge in [-0.1, -0.05) is 0 Å². The van der Waals surface area contributed by atoms with E-state index in [1.54, 1.807) is 12.4 Å². The monoisotopic (exact) mass is 243 g/mol. The van der Waals surface area contributed by atoms with Crippen LogP contribution in [0.4, 0.5) is 0 Å². The van der Waals surface area contributed by atoms with Gasteiger partial charge in [-0.15, -0.1) is 0 Å². The van der Waals surface area contributed by atoms with Gasteiger partial charge in [0.1, 0.15) is 11.6 Å². The molecule has 18 heavy (non-hydrogen) atoms. The molecule has 0 bridgehead atoms. The first kappa shape index (κ1) is 12.6. The van der Waals surface area contributed by atoms with Gasteiger partial charge in [0.25, 0.3) is 0 Å². The van der Waals surface area contributed by atoms with E-state index in [9.17, 15) is 5.26 Å². The Hall–Kier alpha value is -1.85. The number of rotatable bonds is 5. The van der Waals surface area contributed by atoms with Crippen molar-refractivity contribution in [3.8, 4) is 12.1 Å². The molecule has 0 spiro atoms. The van der Waals surface area contributed by atoms with Gasteiger partial charge in [0, 0.05) is 24.5 Å². The van der Waals surface area contributed by atoms with E-state index in [0.29, 0.717) is 18.3 Å². The molecule has 0 aliphatic heterocycles. The number of imidazole rings is 1. The molecule has 1 aliphatic rings. The van der Waals surface area contributed by atoms with Crippen LogP contribution in [0.3, 0.4) is 0 Å². The van der Waals surface area contributed by atoms with Crippen molar-refractivity contribution >= 4 is 0 Å². The molecule has 1 aromatic heterocycles. The highest BCUT2D eigenvalue weighted by Crippen LogP contribution is 2.27. The van der Waals surface area contributed by atoms with Gasteiger partial charge in [0.05, 0.1) is 6.07 Å². The Morgan fingerprint density at radius 1 is 1.61 bits per heavy atom. The Balaban J connectivity index is 2.07. The first-order valence-corrected chi connectivity index (χ1v) is 6.20. The lowest BCUT2D eigenvalue weighted by molar-refractivity contribution is 0.344. The van der Waals surface area contributed by atoms with E-state index in [4.69, 9.17) is 5.26 Å². The molecule has 2 rings (SSSR count). The fourth-order valence-corrected chi connectivity index (χ4v) is 2.26. The van der Waals surface area contributed by atoms with Gasteiger partial charge in [0.15, 0.2) is 0 Å². The number of nitriles is 2. The van der Waals surface area contributed by atoms with Gasteiger partial charge in [-0.2, -0.15) is 10.5 Å². The molecule has 0 radical (unpaired) electrons. The predicted molar refractivity (Wildman–Crippen MR) is 66.4 cm³/mol. The Kier molecular flexibility index (Phi) is 3.36. The summed E-state index contributed by atoms with van der Waals surface area (Å²) in [6, 6.07) is 4.97. The molecule has 1 N–H and O–H groups in total. The molecule has 2 unspecified atom stereocenters. The summed E-state index contributed by atoms with van der Waals surface area (Å²) in [5.74, 6) is 0.397. The summed E-state index contributed by atoms with van der Waals surface area (Å²) in [5.41, 5.74) is -0.544. The van der Waals surface area contributed by atoms with E-state index >= 15 is 0 Å². The van der Waals surface area contributed by atoms with Crippen LogP contribution in [0.5, 0.6) is 0 Å². The SMILES string of the molecule is CC(CC(C)(C#N)NC1CC1)n1ccnc1C#N. The van der Waals surface area contributed by atoms with Crippen molar-refractivity contribution in [3.05, 3.63) is 18.2 Å². The van der Waals surface area contributed by atoms with Crippen LogP contribution in [0, 0.1) is 22.7 Å². The maximum Gasteiger partial charge on any atom is 0.212 e. The third kappa shape index (κ3) is 2.69. The second-order valence-electron chi connectivity index (χ2n) is 5.19. The fraction of sp³-hybridized carbons (Fsp3) is 0.615. The van der Waals surface area contributed by atoms with Crippen LogP contribution in [0.15, 0.2) is 12.4 Å². The minimum Gasteiger partial charge on any atom is -0.320 e. The zero-order valence-electron chi connectivity index (χ0n) is 10.7. The van der Waals surface area contributed by atoms with Gasteiger partial charge < -0.3 is 4.57 Å². The van der Waals surface area contributed by atoms with E-state index in [-0.39, 0.29) is 6.04 Å². The quantitative estimate of drug-likeness (QED) is 0.854. The van der Waals surface area contributed by atoms with Crippen molar-refractivity contribution in [1.82, 2.24) is 14.9 Å². The van der Waals surface area contributed by atoms with Crippen molar-refractivity contribution in [2.45, 2.75) is 50.7 Å². The van der Waals surface area contributed by atoms with Gasteiger partial charge in [-0.3, -0.25) is 5.32 Å². The molecule has 0 amide bonds. The van der Waals surface area contributed by atoms with Gasteiger partial charge in [-0.25, -0.2) is 4.98 Å². The van der Waals surface area contributed by atoms with Crippen molar-refractivity contribution in [3.63, 3.8) is 0 Å². The molecule has 94 valence electrons.